The first kappa shape index (κ1) is 13.3. The molecule has 0 aliphatic carbocycles. The third-order valence-electron chi connectivity index (χ3n) is 3.07. The second-order valence-electron chi connectivity index (χ2n) is 4.56. The van der Waals surface area contributed by atoms with Gasteiger partial charge in [-0.1, -0.05) is 30.3 Å². The van der Waals surface area contributed by atoms with Crippen LogP contribution in [-0.2, 0) is 17.6 Å². The average molecular weight is 254 g/mol. The molecule has 98 valence electrons. The summed E-state index contributed by atoms with van der Waals surface area (Å²) >= 11 is 0. The minimum atomic E-state index is 0.0678. The second kappa shape index (κ2) is 6.69. The zero-order valence-electron chi connectivity index (χ0n) is 11.1. The third kappa shape index (κ3) is 4.21. The molecule has 0 radical (unpaired) electrons. The zero-order valence-corrected chi connectivity index (χ0v) is 11.1. The van der Waals surface area contributed by atoms with E-state index >= 15 is 0 Å². The zero-order chi connectivity index (χ0) is 13.5. The van der Waals surface area contributed by atoms with Gasteiger partial charge in [0.15, 0.2) is 0 Å². The number of aryl methyl sites for hydroxylation is 1. The molecular formula is C16H18N2O. The first-order valence-electron chi connectivity index (χ1n) is 6.46. The summed E-state index contributed by atoms with van der Waals surface area (Å²) in [5.74, 6) is 0.0678. The van der Waals surface area contributed by atoms with Gasteiger partial charge in [0.25, 0.3) is 0 Å². The van der Waals surface area contributed by atoms with Gasteiger partial charge in [-0.2, -0.15) is 0 Å². The molecule has 3 heteroatoms. The third-order valence-corrected chi connectivity index (χ3v) is 3.07. The Morgan fingerprint density at radius 2 is 2.05 bits per heavy atom. The van der Waals surface area contributed by atoms with Crippen LogP contribution in [0.5, 0.6) is 0 Å². The highest BCUT2D eigenvalue weighted by Crippen LogP contribution is 2.07. The maximum absolute atomic E-state index is 11.8. The lowest BCUT2D eigenvalue weighted by Gasteiger charge is -2.07. The van der Waals surface area contributed by atoms with E-state index in [1.54, 1.807) is 6.20 Å². The van der Waals surface area contributed by atoms with Crippen molar-refractivity contribution < 1.29 is 4.79 Å². The van der Waals surface area contributed by atoms with Crippen molar-refractivity contribution in [3.05, 3.63) is 65.5 Å². The molecule has 2 aromatic rings. The van der Waals surface area contributed by atoms with Gasteiger partial charge in [-0.3, -0.25) is 9.78 Å². The lowest BCUT2D eigenvalue weighted by molar-refractivity contribution is -0.120. The molecule has 3 nitrogen and oxygen atoms in total. The number of amides is 1. The van der Waals surface area contributed by atoms with Crippen LogP contribution in [0.2, 0.25) is 0 Å². The number of carbonyl (C=O) groups is 1. The molecule has 0 spiro atoms. The van der Waals surface area contributed by atoms with Crippen molar-refractivity contribution in [2.75, 3.05) is 6.54 Å². The van der Waals surface area contributed by atoms with E-state index in [2.05, 4.69) is 10.3 Å². The largest absolute Gasteiger partial charge is 0.355 e. The molecule has 0 unspecified atom stereocenters. The molecule has 0 saturated carbocycles. The highest BCUT2D eigenvalue weighted by molar-refractivity contribution is 5.78. The van der Waals surface area contributed by atoms with Crippen LogP contribution in [0.25, 0.3) is 0 Å². The Balaban J connectivity index is 1.78. The van der Waals surface area contributed by atoms with Gasteiger partial charge < -0.3 is 5.32 Å². The van der Waals surface area contributed by atoms with Crippen LogP contribution in [0.3, 0.4) is 0 Å². The lowest BCUT2D eigenvalue weighted by Crippen LogP contribution is -2.27. The van der Waals surface area contributed by atoms with Gasteiger partial charge in [0.05, 0.1) is 6.42 Å². The highest BCUT2D eigenvalue weighted by Gasteiger charge is 2.04. The van der Waals surface area contributed by atoms with Gasteiger partial charge in [0, 0.05) is 18.9 Å². The monoisotopic (exact) mass is 254 g/mol. The van der Waals surface area contributed by atoms with Crippen LogP contribution < -0.4 is 5.32 Å². The molecule has 0 aliphatic rings. The van der Waals surface area contributed by atoms with Crippen LogP contribution >= 0.6 is 0 Å². The number of hydrogen-bond acceptors (Lipinski definition) is 2. The van der Waals surface area contributed by atoms with Crippen molar-refractivity contribution in [3.8, 4) is 0 Å². The van der Waals surface area contributed by atoms with Crippen LogP contribution in [0, 0.1) is 6.92 Å². The first-order chi connectivity index (χ1) is 9.25. The predicted molar refractivity (Wildman–Crippen MR) is 75.8 cm³/mol. The number of rotatable bonds is 5. The fourth-order valence-corrected chi connectivity index (χ4v) is 1.94. The maximum Gasteiger partial charge on any atom is 0.224 e. The van der Waals surface area contributed by atoms with Crippen molar-refractivity contribution >= 4 is 5.91 Å². The fourth-order valence-electron chi connectivity index (χ4n) is 1.94. The molecule has 1 aromatic heterocycles. The van der Waals surface area contributed by atoms with Crippen LogP contribution in [-0.4, -0.2) is 17.4 Å². The summed E-state index contributed by atoms with van der Waals surface area (Å²) < 4.78 is 0. The lowest BCUT2D eigenvalue weighted by atomic mass is 10.1. The summed E-state index contributed by atoms with van der Waals surface area (Å²) in [5.41, 5.74) is 3.38. The fraction of sp³-hybridized carbons (Fsp3) is 0.250. The summed E-state index contributed by atoms with van der Waals surface area (Å²) in [4.78, 5) is 15.9. The van der Waals surface area contributed by atoms with Gasteiger partial charge in [0.1, 0.15) is 0 Å². The highest BCUT2D eigenvalue weighted by atomic mass is 16.1. The Morgan fingerprint density at radius 1 is 1.21 bits per heavy atom. The predicted octanol–water partition coefficient (Wildman–Crippen LogP) is 2.29. The molecule has 0 bridgehead atoms. The number of nitrogens with zero attached hydrogens (tertiary/aromatic N) is 1. The van der Waals surface area contributed by atoms with E-state index in [1.165, 1.54) is 0 Å². The molecular weight excluding hydrogens is 236 g/mol. The molecule has 0 saturated heterocycles. The summed E-state index contributed by atoms with van der Waals surface area (Å²) in [5, 5.41) is 2.94. The Morgan fingerprint density at radius 3 is 2.79 bits per heavy atom. The number of carbonyl (C=O) groups excluding carboxylic acids is 1. The van der Waals surface area contributed by atoms with Gasteiger partial charge in [-0.05, 0) is 36.1 Å². The van der Waals surface area contributed by atoms with Crippen LogP contribution in [0.15, 0.2) is 48.8 Å². The van der Waals surface area contributed by atoms with E-state index in [9.17, 15) is 4.79 Å². The molecule has 0 fully saturated rings. The van der Waals surface area contributed by atoms with Crippen molar-refractivity contribution in [3.63, 3.8) is 0 Å². The Hall–Kier alpha value is -2.16. The van der Waals surface area contributed by atoms with E-state index in [0.29, 0.717) is 13.0 Å². The van der Waals surface area contributed by atoms with Crippen LogP contribution in [0.4, 0.5) is 0 Å². The maximum atomic E-state index is 11.8. The molecule has 1 aromatic carbocycles. The van der Waals surface area contributed by atoms with E-state index < -0.39 is 0 Å². The quantitative estimate of drug-likeness (QED) is 0.889. The normalized spacial score (nSPS) is 10.2. The number of hydrogen-bond donors (Lipinski definition) is 1. The summed E-state index contributed by atoms with van der Waals surface area (Å²) in [6.07, 6.45) is 4.83. The van der Waals surface area contributed by atoms with Crippen molar-refractivity contribution in [2.24, 2.45) is 0 Å². The van der Waals surface area contributed by atoms with Gasteiger partial charge in [0.2, 0.25) is 5.91 Å². The number of aromatic nitrogens is 1. The number of nitrogens with one attached hydrogen (secondary N) is 1. The molecule has 1 amide bonds. The van der Waals surface area contributed by atoms with Gasteiger partial charge >= 0.3 is 0 Å². The van der Waals surface area contributed by atoms with Crippen molar-refractivity contribution in [1.82, 2.24) is 10.3 Å². The van der Waals surface area contributed by atoms with E-state index in [4.69, 9.17) is 0 Å². The summed E-state index contributed by atoms with van der Waals surface area (Å²) in [6.45, 7) is 2.68. The second-order valence-corrected chi connectivity index (χ2v) is 4.56. The molecule has 0 atom stereocenters. The van der Waals surface area contributed by atoms with Crippen molar-refractivity contribution in [1.29, 1.82) is 0 Å². The van der Waals surface area contributed by atoms with E-state index in [-0.39, 0.29) is 5.91 Å². The SMILES string of the molecule is Cc1ccccc1CC(=O)NCCc1cccnc1. The number of benzene rings is 1. The standard InChI is InChI=1S/C16H18N2O/c1-13-5-2-3-7-15(13)11-16(19)18-10-8-14-6-4-9-17-12-14/h2-7,9,12H,8,10-11H2,1H3,(H,18,19). The van der Waals surface area contributed by atoms with E-state index in [1.807, 2.05) is 49.5 Å². The van der Waals surface area contributed by atoms with Gasteiger partial charge in [-0.15, -0.1) is 0 Å². The summed E-state index contributed by atoms with van der Waals surface area (Å²) in [6, 6.07) is 11.9. The first-order valence-corrected chi connectivity index (χ1v) is 6.46. The molecule has 2 rings (SSSR count). The Labute approximate surface area is 113 Å². The molecule has 1 N–H and O–H groups in total. The molecule has 1 heterocycles. The average Bonchev–Trinajstić information content (AvgIpc) is 2.43. The smallest absolute Gasteiger partial charge is 0.224 e. The molecule has 19 heavy (non-hydrogen) atoms. The Bertz CT molecular complexity index is 537. The van der Waals surface area contributed by atoms with Crippen molar-refractivity contribution in [2.45, 2.75) is 19.8 Å². The summed E-state index contributed by atoms with van der Waals surface area (Å²) in [7, 11) is 0. The topological polar surface area (TPSA) is 42.0 Å². The van der Waals surface area contributed by atoms with Crippen LogP contribution in [0.1, 0.15) is 16.7 Å². The minimum Gasteiger partial charge on any atom is -0.355 e. The van der Waals surface area contributed by atoms with Gasteiger partial charge in [-0.25, -0.2) is 0 Å². The number of pyridine rings is 1. The molecule has 0 aliphatic heterocycles. The minimum absolute atomic E-state index is 0.0678. The van der Waals surface area contributed by atoms with E-state index in [0.717, 1.165) is 23.1 Å². The Kier molecular flexibility index (Phi) is 4.67.